The van der Waals surface area contributed by atoms with E-state index in [1.54, 1.807) is 0 Å². The van der Waals surface area contributed by atoms with Crippen LogP contribution in [0.15, 0.2) is 54.6 Å². The molecule has 1 fully saturated rings. The van der Waals surface area contributed by atoms with Crippen LogP contribution in [0.5, 0.6) is 5.75 Å². The number of hydrogen-bond donors (Lipinski definition) is 1. The van der Waals surface area contributed by atoms with Gasteiger partial charge in [0, 0.05) is 16.7 Å². The van der Waals surface area contributed by atoms with E-state index in [2.05, 4.69) is 67.4 Å². The van der Waals surface area contributed by atoms with Crippen molar-refractivity contribution in [2.45, 2.75) is 57.5 Å². The van der Waals surface area contributed by atoms with Gasteiger partial charge in [-0.3, -0.25) is 4.79 Å². The van der Waals surface area contributed by atoms with Crippen LogP contribution in [0.1, 0.15) is 57.6 Å². The zero-order chi connectivity index (χ0) is 21.2. The SMILES string of the molecule is CCCCCCOc1ccccc1C=CC12NC(=O)CN1c1ccccc1C2(C)C. The Kier molecular flexibility index (Phi) is 5.59. The lowest BCUT2D eigenvalue weighted by Gasteiger charge is -2.40. The standard InChI is InChI=1S/C26H32N2O2/c1-4-5-6-11-18-30-23-15-10-7-12-20(23)16-17-26-25(2,3)21-13-8-9-14-22(21)28(26)19-24(29)27-26/h7-10,12-17H,4-6,11,18-19H2,1-3H3,(H,27,29). The van der Waals surface area contributed by atoms with Crippen molar-refractivity contribution in [3.63, 3.8) is 0 Å². The van der Waals surface area contributed by atoms with E-state index in [0.717, 1.165) is 30.0 Å². The summed E-state index contributed by atoms with van der Waals surface area (Å²) in [5.41, 5.74) is 2.58. The molecular weight excluding hydrogens is 372 g/mol. The van der Waals surface area contributed by atoms with Crippen LogP contribution in [0.25, 0.3) is 6.08 Å². The Bertz CT molecular complexity index is 950. The lowest BCUT2D eigenvalue weighted by Crippen LogP contribution is -2.58. The van der Waals surface area contributed by atoms with Crippen molar-refractivity contribution in [2.24, 2.45) is 0 Å². The maximum atomic E-state index is 12.5. The smallest absolute Gasteiger partial charge is 0.241 e. The molecule has 4 nitrogen and oxygen atoms in total. The molecule has 2 aliphatic heterocycles. The molecule has 2 aliphatic rings. The number of carbonyl (C=O) groups excluding carboxylic acids is 1. The topological polar surface area (TPSA) is 41.6 Å². The molecule has 2 heterocycles. The lowest BCUT2D eigenvalue weighted by molar-refractivity contribution is -0.118. The van der Waals surface area contributed by atoms with Gasteiger partial charge in [0.2, 0.25) is 5.91 Å². The number of nitrogens with one attached hydrogen (secondary N) is 1. The molecule has 158 valence electrons. The van der Waals surface area contributed by atoms with E-state index in [4.69, 9.17) is 4.74 Å². The molecule has 1 N–H and O–H groups in total. The molecule has 4 rings (SSSR count). The second kappa shape index (κ2) is 8.17. The highest BCUT2D eigenvalue weighted by atomic mass is 16.5. The van der Waals surface area contributed by atoms with E-state index in [0.29, 0.717) is 6.54 Å². The van der Waals surface area contributed by atoms with Crippen LogP contribution in [-0.2, 0) is 10.2 Å². The van der Waals surface area contributed by atoms with Gasteiger partial charge in [-0.15, -0.1) is 0 Å². The fourth-order valence-corrected chi connectivity index (χ4v) is 4.81. The third-order valence-corrected chi connectivity index (χ3v) is 6.56. The molecule has 0 bridgehead atoms. The van der Waals surface area contributed by atoms with Gasteiger partial charge in [0.25, 0.3) is 0 Å². The van der Waals surface area contributed by atoms with Crippen molar-refractivity contribution in [3.8, 4) is 5.75 Å². The molecule has 1 atom stereocenters. The quantitative estimate of drug-likeness (QED) is 0.609. The minimum atomic E-state index is -0.581. The van der Waals surface area contributed by atoms with E-state index in [1.165, 1.54) is 24.8 Å². The summed E-state index contributed by atoms with van der Waals surface area (Å²) in [6.07, 6.45) is 9.00. The first-order chi connectivity index (χ1) is 14.5. The van der Waals surface area contributed by atoms with Crippen LogP contribution < -0.4 is 15.0 Å². The van der Waals surface area contributed by atoms with Gasteiger partial charge in [0.15, 0.2) is 0 Å². The lowest BCUT2D eigenvalue weighted by atomic mass is 9.75. The van der Waals surface area contributed by atoms with Crippen LogP contribution >= 0.6 is 0 Å². The number of amides is 1. The van der Waals surface area contributed by atoms with E-state index >= 15 is 0 Å². The van der Waals surface area contributed by atoms with Crippen molar-refractivity contribution >= 4 is 17.7 Å². The van der Waals surface area contributed by atoms with Gasteiger partial charge >= 0.3 is 0 Å². The molecule has 2 aromatic rings. The zero-order valence-corrected chi connectivity index (χ0v) is 18.3. The molecule has 1 saturated heterocycles. The Hall–Kier alpha value is -2.75. The highest BCUT2D eigenvalue weighted by Crippen LogP contribution is 2.52. The molecule has 2 aromatic carbocycles. The Balaban J connectivity index is 1.62. The van der Waals surface area contributed by atoms with Gasteiger partial charge < -0.3 is 15.0 Å². The predicted molar refractivity (Wildman–Crippen MR) is 123 cm³/mol. The van der Waals surface area contributed by atoms with Gasteiger partial charge in [-0.25, -0.2) is 0 Å². The van der Waals surface area contributed by atoms with Crippen LogP contribution in [-0.4, -0.2) is 24.7 Å². The number of para-hydroxylation sites is 2. The molecule has 0 radical (unpaired) electrons. The summed E-state index contributed by atoms with van der Waals surface area (Å²) in [4.78, 5) is 14.7. The van der Waals surface area contributed by atoms with E-state index < -0.39 is 5.66 Å². The number of fused-ring (bicyclic) bond motifs is 3. The van der Waals surface area contributed by atoms with E-state index in [-0.39, 0.29) is 11.3 Å². The highest BCUT2D eigenvalue weighted by Gasteiger charge is 2.59. The molecular formula is C26H32N2O2. The van der Waals surface area contributed by atoms with Crippen LogP contribution in [0, 0.1) is 0 Å². The molecule has 1 unspecified atom stereocenters. The average Bonchev–Trinajstić information content (AvgIpc) is 3.18. The number of rotatable bonds is 8. The Labute approximate surface area is 179 Å². The van der Waals surface area contributed by atoms with E-state index in [9.17, 15) is 4.79 Å². The number of unbranched alkanes of at least 4 members (excludes halogenated alkanes) is 3. The maximum absolute atomic E-state index is 12.5. The third kappa shape index (κ3) is 3.38. The average molecular weight is 405 g/mol. The maximum Gasteiger partial charge on any atom is 0.241 e. The molecule has 0 aromatic heterocycles. The van der Waals surface area contributed by atoms with Crippen LogP contribution in [0.4, 0.5) is 5.69 Å². The summed E-state index contributed by atoms with van der Waals surface area (Å²) in [5, 5.41) is 3.28. The van der Waals surface area contributed by atoms with Gasteiger partial charge in [-0.1, -0.05) is 82.5 Å². The summed E-state index contributed by atoms with van der Waals surface area (Å²) in [6.45, 7) is 7.74. The fourth-order valence-electron chi connectivity index (χ4n) is 4.81. The second-order valence-corrected chi connectivity index (χ2v) is 8.82. The highest BCUT2D eigenvalue weighted by molar-refractivity contribution is 5.91. The second-order valence-electron chi connectivity index (χ2n) is 8.82. The van der Waals surface area contributed by atoms with Gasteiger partial charge in [0.1, 0.15) is 11.4 Å². The summed E-state index contributed by atoms with van der Waals surface area (Å²) in [6, 6.07) is 16.5. The van der Waals surface area contributed by atoms with Gasteiger partial charge in [-0.05, 0) is 30.2 Å². The number of benzene rings is 2. The largest absolute Gasteiger partial charge is 0.493 e. The summed E-state index contributed by atoms with van der Waals surface area (Å²) >= 11 is 0. The molecule has 0 aliphatic carbocycles. The minimum Gasteiger partial charge on any atom is -0.493 e. The molecule has 30 heavy (non-hydrogen) atoms. The monoisotopic (exact) mass is 404 g/mol. The molecule has 0 spiro atoms. The first-order valence-corrected chi connectivity index (χ1v) is 11.1. The number of anilines is 1. The number of nitrogens with zero attached hydrogens (tertiary/aromatic N) is 1. The van der Waals surface area contributed by atoms with Crippen molar-refractivity contribution in [2.75, 3.05) is 18.1 Å². The fraction of sp³-hybridized carbons (Fsp3) is 0.423. The van der Waals surface area contributed by atoms with Crippen molar-refractivity contribution in [1.29, 1.82) is 0 Å². The van der Waals surface area contributed by atoms with E-state index in [1.807, 2.05) is 24.3 Å². The van der Waals surface area contributed by atoms with Crippen molar-refractivity contribution in [1.82, 2.24) is 5.32 Å². The van der Waals surface area contributed by atoms with Crippen LogP contribution in [0.2, 0.25) is 0 Å². The van der Waals surface area contributed by atoms with Gasteiger partial charge in [-0.2, -0.15) is 0 Å². The van der Waals surface area contributed by atoms with Crippen molar-refractivity contribution in [3.05, 3.63) is 65.7 Å². The normalized spacial score (nSPS) is 21.6. The first kappa shape index (κ1) is 20.5. The van der Waals surface area contributed by atoms with Crippen LogP contribution in [0.3, 0.4) is 0 Å². The number of ether oxygens (including phenoxy) is 1. The summed E-state index contributed by atoms with van der Waals surface area (Å²) < 4.78 is 6.09. The number of hydrogen-bond acceptors (Lipinski definition) is 3. The third-order valence-electron chi connectivity index (χ3n) is 6.56. The summed E-state index contributed by atoms with van der Waals surface area (Å²) in [5.74, 6) is 0.952. The first-order valence-electron chi connectivity index (χ1n) is 11.1. The molecule has 1 amide bonds. The Morgan fingerprint density at radius 3 is 2.67 bits per heavy atom. The Morgan fingerprint density at radius 2 is 1.83 bits per heavy atom. The van der Waals surface area contributed by atoms with Crippen molar-refractivity contribution < 1.29 is 9.53 Å². The van der Waals surface area contributed by atoms with Gasteiger partial charge in [0.05, 0.1) is 13.2 Å². The Morgan fingerprint density at radius 1 is 1.07 bits per heavy atom. The number of carbonyl (C=O) groups is 1. The zero-order valence-electron chi connectivity index (χ0n) is 18.3. The predicted octanol–water partition coefficient (Wildman–Crippen LogP) is 5.28. The minimum absolute atomic E-state index is 0.0580. The molecule has 4 heteroatoms. The molecule has 0 saturated carbocycles. The summed E-state index contributed by atoms with van der Waals surface area (Å²) in [7, 11) is 0.